The molecule has 0 unspecified atom stereocenters. The highest BCUT2D eigenvalue weighted by molar-refractivity contribution is 7.92. The highest BCUT2D eigenvalue weighted by Gasteiger charge is 2.34. The summed E-state index contributed by atoms with van der Waals surface area (Å²) in [5.74, 6) is -0.930. The van der Waals surface area contributed by atoms with Crippen molar-refractivity contribution < 1.29 is 18.0 Å². The number of amides is 2. The van der Waals surface area contributed by atoms with Gasteiger partial charge in [-0.15, -0.1) is 0 Å². The quantitative estimate of drug-likeness (QED) is 0.280. The van der Waals surface area contributed by atoms with Crippen LogP contribution in [-0.2, 0) is 26.2 Å². The Labute approximate surface area is 254 Å². The van der Waals surface area contributed by atoms with Crippen molar-refractivity contribution in [3.05, 3.63) is 61.0 Å². The number of sulfonamides is 1. The molecule has 0 spiro atoms. The van der Waals surface area contributed by atoms with Crippen molar-refractivity contribution >= 4 is 85.5 Å². The lowest BCUT2D eigenvalue weighted by atomic mass is 9.95. The van der Waals surface area contributed by atoms with Gasteiger partial charge in [0.15, 0.2) is 0 Å². The van der Waals surface area contributed by atoms with Gasteiger partial charge in [-0.05, 0) is 49.1 Å². The van der Waals surface area contributed by atoms with Gasteiger partial charge in [0, 0.05) is 22.6 Å². The van der Waals surface area contributed by atoms with Crippen molar-refractivity contribution in [2.45, 2.75) is 64.1 Å². The average Bonchev–Trinajstić information content (AvgIpc) is 2.86. The van der Waals surface area contributed by atoms with Crippen LogP contribution in [-0.4, -0.2) is 50.0 Å². The van der Waals surface area contributed by atoms with E-state index in [1.54, 1.807) is 25.1 Å². The topological polar surface area (TPSA) is 86.8 Å². The summed E-state index contributed by atoms with van der Waals surface area (Å²) in [6, 6.07) is 6.58. The van der Waals surface area contributed by atoms with Crippen molar-refractivity contribution in [3.8, 4) is 0 Å². The molecule has 214 valence electrons. The van der Waals surface area contributed by atoms with Crippen molar-refractivity contribution in [2.75, 3.05) is 17.1 Å². The molecule has 1 fully saturated rings. The summed E-state index contributed by atoms with van der Waals surface area (Å²) < 4.78 is 26.5. The zero-order valence-electron chi connectivity index (χ0n) is 21.5. The Morgan fingerprint density at radius 3 is 2.18 bits per heavy atom. The summed E-state index contributed by atoms with van der Waals surface area (Å²) in [6.45, 7) is 1.12. The van der Waals surface area contributed by atoms with Gasteiger partial charge in [-0.2, -0.15) is 0 Å². The highest BCUT2D eigenvalue weighted by Crippen LogP contribution is 2.36. The smallest absolute Gasteiger partial charge is 0.244 e. The number of carbonyl (C=O) groups is 2. The molecule has 0 radical (unpaired) electrons. The molecule has 1 saturated carbocycles. The van der Waals surface area contributed by atoms with Gasteiger partial charge in [0.25, 0.3) is 0 Å². The number of rotatable bonds is 10. The minimum absolute atomic E-state index is 0.00277. The molecular formula is C26H30Cl5N3O4S. The maximum atomic E-state index is 13.9. The minimum Gasteiger partial charge on any atom is -0.352 e. The third kappa shape index (κ3) is 8.54. The fourth-order valence-corrected chi connectivity index (χ4v) is 6.61. The Morgan fingerprint density at radius 1 is 0.949 bits per heavy atom. The van der Waals surface area contributed by atoms with Gasteiger partial charge >= 0.3 is 0 Å². The summed E-state index contributed by atoms with van der Waals surface area (Å²) in [5.41, 5.74) is 0.544. The lowest BCUT2D eigenvalue weighted by Crippen LogP contribution is -2.54. The Kier molecular flexibility index (Phi) is 11.5. The molecule has 0 bridgehead atoms. The van der Waals surface area contributed by atoms with E-state index in [1.807, 2.05) is 0 Å². The lowest BCUT2D eigenvalue weighted by molar-refractivity contribution is -0.140. The van der Waals surface area contributed by atoms with E-state index < -0.39 is 28.5 Å². The van der Waals surface area contributed by atoms with Crippen LogP contribution in [0.5, 0.6) is 0 Å². The summed E-state index contributed by atoms with van der Waals surface area (Å²) in [4.78, 5) is 28.7. The van der Waals surface area contributed by atoms with Crippen LogP contribution in [0.3, 0.4) is 0 Å². The molecule has 0 saturated heterocycles. The van der Waals surface area contributed by atoms with E-state index in [0.717, 1.165) is 42.7 Å². The van der Waals surface area contributed by atoms with Crippen LogP contribution in [0.2, 0.25) is 25.1 Å². The van der Waals surface area contributed by atoms with E-state index >= 15 is 0 Å². The number of hydrogen-bond acceptors (Lipinski definition) is 4. The predicted octanol–water partition coefficient (Wildman–Crippen LogP) is 6.98. The summed E-state index contributed by atoms with van der Waals surface area (Å²) in [7, 11) is -4.01. The van der Waals surface area contributed by atoms with Gasteiger partial charge in [-0.3, -0.25) is 13.9 Å². The van der Waals surface area contributed by atoms with Gasteiger partial charge in [-0.25, -0.2) is 8.42 Å². The number of halogens is 5. The first kappa shape index (κ1) is 32.1. The zero-order chi connectivity index (χ0) is 28.9. The number of nitrogens with one attached hydrogen (secondary N) is 1. The van der Waals surface area contributed by atoms with E-state index in [-0.39, 0.29) is 39.2 Å². The molecule has 3 rings (SSSR count). The van der Waals surface area contributed by atoms with Gasteiger partial charge in [-0.1, -0.05) is 90.3 Å². The lowest BCUT2D eigenvalue weighted by Gasteiger charge is -2.34. The van der Waals surface area contributed by atoms with Crippen molar-refractivity contribution in [1.82, 2.24) is 10.2 Å². The third-order valence-electron chi connectivity index (χ3n) is 6.63. The number of hydrogen-bond donors (Lipinski definition) is 1. The first-order valence-corrected chi connectivity index (χ1v) is 16.2. The minimum atomic E-state index is -4.01. The average molecular weight is 658 g/mol. The molecule has 1 N–H and O–H groups in total. The van der Waals surface area contributed by atoms with Crippen molar-refractivity contribution in [3.63, 3.8) is 0 Å². The Balaban J connectivity index is 1.99. The van der Waals surface area contributed by atoms with Crippen molar-refractivity contribution in [2.24, 2.45) is 0 Å². The molecule has 13 heteroatoms. The van der Waals surface area contributed by atoms with Crippen LogP contribution >= 0.6 is 58.0 Å². The number of carbonyl (C=O) groups excluding carboxylic acids is 2. The van der Waals surface area contributed by atoms with Crippen LogP contribution in [0, 0.1) is 0 Å². The zero-order valence-corrected chi connectivity index (χ0v) is 26.1. The number of nitrogens with zero attached hydrogens (tertiary/aromatic N) is 2. The molecule has 0 aliphatic heterocycles. The van der Waals surface area contributed by atoms with Gasteiger partial charge in [0.1, 0.15) is 12.6 Å². The van der Waals surface area contributed by atoms with E-state index in [9.17, 15) is 18.0 Å². The van der Waals surface area contributed by atoms with Gasteiger partial charge in [0.2, 0.25) is 21.8 Å². The fourth-order valence-electron chi connectivity index (χ4n) is 4.60. The molecule has 2 aromatic carbocycles. The molecule has 0 heterocycles. The SMILES string of the molecule is CC[C@H](C(=O)NC1CCCCC1)N(Cc1ccc(Cl)cc1Cl)C(=O)CN(c1cc(Cl)c(Cl)cc1Cl)S(C)(=O)=O. The molecular weight excluding hydrogens is 628 g/mol. The third-order valence-corrected chi connectivity index (χ3v) is 9.37. The van der Waals surface area contributed by atoms with Gasteiger partial charge in [0.05, 0.1) is 27.0 Å². The van der Waals surface area contributed by atoms with Crippen LogP contribution in [0.15, 0.2) is 30.3 Å². The molecule has 39 heavy (non-hydrogen) atoms. The summed E-state index contributed by atoms with van der Waals surface area (Å²) >= 11 is 30.9. The maximum absolute atomic E-state index is 13.9. The van der Waals surface area contributed by atoms with E-state index in [0.29, 0.717) is 22.0 Å². The van der Waals surface area contributed by atoms with E-state index in [2.05, 4.69) is 5.32 Å². The van der Waals surface area contributed by atoms with Crippen LogP contribution < -0.4 is 9.62 Å². The molecule has 1 aliphatic carbocycles. The maximum Gasteiger partial charge on any atom is 0.244 e. The van der Waals surface area contributed by atoms with Gasteiger partial charge < -0.3 is 10.2 Å². The molecule has 1 atom stereocenters. The highest BCUT2D eigenvalue weighted by atomic mass is 35.5. The van der Waals surface area contributed by atoms with Crippen LogP contribution in [0.4, 0.5) is 5.69 Å². The normalized spacial score (nSPS) is 15.1. The van der Waals surface area contributed by atoms with E-state index in [4.69, 9.17) is 58.0 Å². The molecule has 0 aromatic heterocycles. The second-order valence-electron chi connectivity index (χ2n) is 9.51. The number of benzene rings is 2. The molecule has 2 amide bonds. The second-order valence-corrected chi connectivity index (χ2v) is 13.5. The largest absolute Gasteiger partial charge is 0.352 e. The van der Waals surface area contributed by atoms with Crippen LogP contribution in [0.1, 0.15) is 51.0 Å². The first-order valence-electron chi connectivity index (χ1n) is 12.5. The van der Waals surface area contributed by atoms with Crippen molar-refractivity contribution in [1.29, 1.82) is 0 Å². The summed E-state index contributed by atoms with van der Waals surface area (Å²) in [5, 5.41) is 4.01. The Bertz CT molecular complexity index is 1320. The fraction of sp³-hybridized carbons (Fsp3) is 0.462. The molecule has 1 aliphatic rings. The first-order chi connectivity index (χ1) is 18.3. The molecule has 2 aromatic rings. The van der Waals surface area contributed by atoms with E-state index in [1.165, 1.54) is 17.0 Å². The Morgan fingerprint density at radius 2 is 1.59 bits per heavy atom. The Hall–Kier alpha value is -1.42. The predicted molar refractivity (Wildman–Crippen MR) is 160 cm³/mol. The summed E-state index contributed by atoms with van der Waals surface area (Å²) in [6.07, 6.45) is 6.17. The monoisotopic (exact) mass is 655 g/mol. The standard InChI is InChI=1S/C26H30Cl5N3O4S/c1-3-23(26(36)32-18-7-5-4-6-8-18)33(14-16-9-10-17(27)11-19(16)28)25(35)15-34(39(2,37)38)24-13-21(30)20(29)12-22(24)31/h9-13,18,23H,3-8,14-15H2,1-2H3,(H,32,36)/t23-/m1/s1. The number of anilines is 1. The second kappa shape index (κ2) is 14.0. The van der Waals surface area contributed by atoms with Crippen LogP contribution in [0.25, 0.3) is 0 Å². The molecule has 7 nitrogen and oxygen atoms in total.